The highest BCUT2D eigenvalue weighted by molar-refractivity contribution is 6.06. The molecule has 0 radical (unpaired) electrons. The molecule has 1 N–H and O–H groups in total. The van der Waals surface area contributed by atoms with E-state index in [2.05, 4.69) is 15.2 Å². The van der Waals surface area contributed by atoms with Crippen LogP contribution in [-0.2, 0) is 11.3 Å². The molecule has 1 aliphatic rings. The Bertz CT molecular complexity index is 1300. The van der Waals surface area contributed by atoms with E-state index in [1.165, 1.54) is 24.3 Å². The lowest BCUT2D eigenvalue weighted by molar-refractivity contribution is 0.101. The van der Waals surface area contributed by atoms with Crippen LogP contribution in [0.3, 0.4) is 0 Å². The van der Waals surface area contributed by atoms with Crippen LogP contribution in [0.2, 0.25) is 0 Å². The van der Waals surface area contributed by atoms with Gasteiger partial charge in [0.2, 0.25) is 0 Å². The van der Waals surface area contributed by atoms with Gasteiger partial charge in [-0.15, -0.1) is 12.4 Å². The van der Waals surface area contributed by atoms with Gasteiger partial charge in [0.05, 0.1) is 25.1 Å². The van der Waals surface area contributed by atoms with E-state index >= 15 is 0 Å². The lowest BCUT2D eigenvalue weighted by Gasteiger charge is -2.27. The van der Waals surface area contributed by atoms with Crippen molar-refractivity contribution in [3.05, 3.63) is 89.8 Å². The Hall–Kier alpha value is -3.49. The highest BCUT2D eigenvalue weighted by Gasteiger charge is 2.18. The molecule has 0 saturated carbocycles. The number of benzene rings is 2. The van der Waals surface area contributed by atoms with E-state index in [0.717, 1.165) is 18.9 Å². The number of rotatable bonds is 5. The van der Waals surface area contributed by atoms with Gasteiger partial charge in [0.15, 0.2) is 0 Å². The van der Waals surface area contributed by atoms with E-state index in [9.17, 15) is 13.6 Å². The standard InChI is InChI=1S/C25H22F2N4O2.ClH/c26-19-3-1-2-17(12-19)16-31-22-6-4-20(27)13-18(22)14-23(31)25(32)29-21-5-7-24(28-15-21)30-8-10-33-11-9-30;/h1-7,12-15H,8-11,16H2,(H,29,32);1H. The third kappa shape index (κ3) is 5.03. The van der Waals surface area contributed by atoms with Crippen molar-refractivity contribution in [1.29, 1.82) is 0 Å². The minimum Gasteiger partial charge on any atom is -0.378 e. The monoisotopic (exact) mass is 484 g/mol. The molecule has 2 aromatic heterocycles. The van der Waals surface area contributed by atoms with E-state index in [1.807, 2.05) is 6.07 Å². The maximum absolute atomic E-state index is 13.8. The van der Waals surface area contributed by atoms with Crippen molar-refractivity contribution in [1.82, 2.24) is 9.55 Å². The van der Waals surface area contributed by atoms with Crippen molar-refractivity contribution >= 4 is 40.7 Å². The van der Waals surface area contributed by atoms with E-state index in [-0.39, 0.29) is 36.5 Å². The fourth-order valence-corrected chi connectivity index (χ4v) is 4.05. The average molecular weight is 485 g/mol. The fourth-order valence-electron chi connectivity index (χ4n) is 4.05. The van der Waals surface area contributed by atoms with Crippen LogP contribution in [0.25, 0.3) is 10.9 Å². The van der Waals surface area contributed by atoms with Gasteiger partial charge in [0.1, 0.15) is 23.1 Å². The van der Waals surface area contributed by atoms with Gasteiger partial charge in [0, 0.05) is 30.5 Å². The molecule has 6 nitrogen and oxygen atoms in total. The van der Waals surface area contributed by atoms with Gasteiger partial charge in [-0.1, -0.05) is 12.1 Å². The summed E-state index contributed by atoms with van der Waals surface area (Å²) in [6.07, 6.45) is 1.61. The van der Waals surface area contributed by atoms with Gasteiger partial charge in [-0.05, 0) is 54.1 Å². The Labute approximate surface area is 201 Å². The van der Waals surface area contributed by atoms with Gasteiger partial charge >= 0.3 is 0 Å². The molecule has 5 rings (SSSR count). The number of hydrogen-bond acceptors (Lipinski definition) is 4. The third-order valence-electron chi connectivity index (χ3n) is 5.67. The Morgan fingerprint density at radius 1 is 1.00 bits per heavy atom. The number of halogens is 3. The van der Waals surface area contributed by atoms with Crippen LogP contribution in [0.5, 0.6) is 0 Å². The number of pyridine rings is 1. The smallest absolute Gasteiger partial charge is 0.272 e. The number of anilines is 2. The quantitative estimate of drug-likeness (QED) is 0.439. The molecule has 1 aliphatic heterocycles. The molecule has 176 valence electrons. The molecular formula is C25H23ClF2N4O2. The van der Waals surface area contributed by atoms with Gasteiger partial charge < -0.3 is 19.5 Å². The zero-order chi connectivity index (χ0) is 22.8. The van der Waals surface area contributed by atoms with Crippen LogP contribution in [0.15, 0.2) is 66.9 Å². The molecule has 0 atom stereocenters. The Morgan fingerprint density at radius 3 is 2.53 bits per heavy atom. The molecule has 4 aromatic rings. The average Bonchev–Trinajstić information content (AvgIpc) is 3.17. The number of nitrogens with zero attached hydrogens (tertiary/aromatic N) is 3. The summed E-state index contributed by atoms with van der Waals surface area (Å²) in [5.74, 6) is -0.274. The first-order valence-electron chi connectivity index (χ1n) is 10.7. The summed E-state index contributed by atoms with van der Waals surface area (Å²) in [6, 6.07) is 15.9. The lowest BCUT2D eigenvalue weighted by atomic mass is 10.2. The molecule has 2 aromatic carbocycles. The van der Waals surface area contributed by atoms with E-state index < -0.39 is 0 Å². The summed E-state index contributed by atoms with van der Waals surface area (Å²) in [6.45, 7) is 3.14. The van der Waals surface area contributed by atoms with Gasteiger partial charge in [0.25, 0.3) is 5.91 Å². The molecule has 0 unspecified atom stereocenters. The molecule has 1 saturated heterocycles. The third-order valence-corrected chi connectivity index (χ3v) is 5.67. The largest absolute Gasteiger partial charge is 0.378 e. The number of morpholine rings is 1. The lowest BCUT2D eigenvalue weighted by Crippen LogP contribution is -2.36. The Balaban J connectivity index is 0.00000274. The van der Waals surface area contributed by atoms with E-state index in [1.54, 1.807) is 41.1 Å². The van der Waals surface area contributed by atoms with Gasteiger partial charge in [-0.25, -0.2) is 13.8 Å². The molecule has 0 spiro atoms. The second kappa shape index (κ2) is 10.2. The van der Waals surface area contributed by atoms with Crippen LogP contribution in [-0.4, -0.2) is 41.8 Å². The highest BCUT2D eigenvalue weighted by atomic mass is 35.5. The first-order chi connectivity index (χ1) is 16.1. The van der Waals surface area contributed by atoms with Crippen LogP contribution in [0.1, 0.15) is 16.1 Å². The summed E-state index contributed by atoms with van der Waals surface area (Å²) in [5.41, 5.74) is 2.27. The summed E-state index contributed by atoms with van der Waals surface area (Å²) >= 11 is 0. The minimum absolute atomic E-state index is 0. The Morgan fingerprint density at radius 2 is 1.79 bits per heavy atom. The minimum atomic E-state index is -0.389. The van der Waals surface area contributed by atoms with Crippen LogP contribution >= 0.6 is 12.4 Å². The first-order valence-corrected chi connectivity index (χ1v) is 10.7. The Kier molecular flexibility index (Phi) is 7.09. The van der Waals surface area contributed by atoms with Crippen LogP contribution < -0.4 is 10.2 Å². The number of ether oxygens (including phenoxy) is 1. The van der Waals surface area contributed by atoms with Gasteiger partial charge in [-0.2, -0.15) is 0 Å². The number of amides is 1. The van der Waals surface area contributed by atoms with Crippen molar-refractivity contribution in [2.75, 3.05) is 36.5 Å². The first kappa shape index (κ1) is 23.7. The highest BCUT2D eigenvalue weighted by Crippen LogP contribution is 2.24. The molecule has 1 amide bonds. The predicted molar refractivity (Wildman–Crippen MR) is 130 cm³/mol. The topological polar surface area (TPSA) is 59.4 Å². The van der Waals surface area contributed by atoms with Crippen molar-refractivity contribution < 1.29 is 18.3 Å². The van der Waals surface area contributed by atoms with Gasteiger partial charge in [-0.3, -0.25) is 4.79 Å². The molecular weight excluding hydrogens is 462 g/mol. The van der Waals surface area contributed by atoms with E-state index in [4.69, 9.17) is 4.74 Å². The molecule has 9 heteroatoms. The van der Waals surface area contributed by atoms with Crippen LogP contribution in [0.4, 0.5) is 20.3 Å². The second-order valence-corrected chi connectivity index (χ2v) is 7.91. The molecule has 3 heterocycles. The van der Waals surface area contributed by atoms with Crippen molar-refractivity contribution in [2.45, 2.75) is 6.54 Å². The zero-order valence-electron chi connectivity index (χ0n) is 18.2. The number of carbonyl (C=O) groups is 1. The summed E-state index contributed by atoms with van der Waals surface area (Å²) in [7, 11) is 0. The van der Waals surface area contributed by atoms with Crippen molar-refractivity contribution in [3.63, 3.8) is 0 Å². The summed E-state index contributed by atoms with van der Waals surface area (Å²) in [5, 5.41) is 3.46. The van der Waals surface area contributed by atoms with Crippen molar-refractivity contribution in [2.24, 2.45) is 0 Å². The number of fused-ring (bicyclic) bond motifs is 1. The number of carbonyl (C=O) groups excluding carboxylic acids is 1. The molecule has 0 bridgehead atoms. The fraction of sp³-hybridized carbons (Fsp3) is 0.200. The predicted octanol–water partition coefficient (Wildman–Crippen LogP) is 4.87. The normalized spacial score (nSPS) is 13.5. The molecule has 0 aliphatic carbocycles. The SMILES string of the molecule is Cl.O=C(Nc1ccc(N2CCOCC2)nc1)c1cc2cc(F)ccc2n1Cc1cccc(F)c1. The van der Waals surface area contributed by atoms with Crippen molar-refractivity contribution in [3.8, 4) is 0 Å². The maximum atomic E-state index is 13.8. The summed E-state index contributed by atoms with van der Waals surface area (Å²) < 4.78 is 34.7. The van der Waals surface area contributed by atoms with Crippen LogP contribution in [0, 0.1) is 11.6 Å². The number of hydrogen-bond donors (Lipinski definition) is 1. The zero-order valence-corrected chi connectivity index (χ0v) is 19.0. The summed E-state index contributed by atoms with van der Waals surface area (Å²) in [4.78, 5) is 19.8. The maximum Gasteiger partial charge on any atom is 0.272 e. The van der Waals surface area contributed by atoms with E-state index in [0.29, 0.717) is 41.1 Å². The number of nitrogens with one attached hydrogen (secondary N) is 1. The molecule has 1 fully saturated rings. The second-order valence-electron chi connectivity index (χ2n) is 7.91. The number of aromatic nitrogens is 2. The molecule has 34 heavy (non-hydrogen) atoms.